The minimum Gasteiger partial charge on any atom is -0.489 e. The van der Waals surface area contributed by atoms with Crippen LogP contribution in [0, 0.1) is 0 Å². The van der Waals surface area contributed by atoms with Crippen LogP contribution in [0.1, 0.15) is 17.5 Å². The Morgan fingerprint density at radius 2 is 1.93 bits per heavy atom. The molecule has 0 fully saturated rings. The molecule has 0 radical (unpaired) electrons. The van der Waals surface area contributed by atoms with Crippen molar-refractivity contribution in [3.8, 4) is 5.75 Å². The lowest BCUT2D eigenvalue weighted by molar-refractivity contribution is -0.137. The number of benzene rings is 2. The Balaban J connectivity index is 2.09. The van der Waals surface area contributed by atoms with Gasteiger partial charge >= 0.3 is 6.18 Å². The van der Waals surface area contributed by atoms with Crippen LogP contribution in [0.4, 0.5) is 18.9 Å². The third kappa shape index (κ3) is 6.77. The highest BCUT2D eigenvalue weighted by Crippen LogP contribution is 2.35. The van der Waals surface area contributed by atoms with Gasteiger partial charge in [0.15, 0.2) is 0 Å². The van der Waals surface area contributed by atoms with Crippen LogP contribution < -0.4 is 10.1 Å². The van der Waals surface area contributed by atoms with E-state index in [1.165, 1.54) is 13.2 Å². The first-order chi connectivity index (χ1) is 12.8. The van der Waals surface area contributed by atoms with E-state index in [1.54, 1.807) is 18.2 Å². The predicted molar refractivity (Wildman–Crippen MR) is 97.2 cm³/mol. The number of nitrogens with one attached hydrogen (secondary N) is 1. The zero-order chi connectivity index (χ0) is 19.9. The van der Waals surface area contributed by atoms with Crippen molar-refractivity contribution in [3.63, 3.8) is 0 Å². The summed E-state index contributed by atoms with van der Waals surface area (Å²) in [5, 5.41) is 3.05. The first kappa shape index (κ1) is 21.1. The van der Waals surface area contributed by atoms with E-state index in [0.717, 1.165) is 17.7 Å². The van der Waals surface area contributed by atoms with Gasteiger partial charge in [-0.15, -0.1) is 0 Å². The standard InChI is InChI=1S/C19H19ClF3NO3/c1-26-9-10-27-17-7-6-14(19(21,22)23)12-16(17)24-18(25)8-5-13-3-2-4-15(20)11-13/h2-4,6-7,11-12H,5,8-10H2,1H3,(H,24,25). The van der Waals surface area contributed by atoms with Gasteiger partial charge in [0.05, 0.1) is 17.9 Å². The molecule has 0 saturated heterocycles. The molecule has 8 heteroatoms. The number of carbonyl (C=O) groups excluding carboxylic acids is 1. The number of hydrogen-bond donors (Lipinski definition) is 1. The van der Waals surface area contributed by atoms with E-state index >= 15 is 0 Å². The maximum Gasteiger partial charge on any atom is 0.416 e. The Bertz CT molecular complexity index is 781. The molecule has 0 spiro atoms. The van der Waals surface area contributed by atoms with Crippen LogP contribution in [0.3, 0.4) is 0 Å². The van der Waals surface area contributed by atoms with E-state index in [2.05, 4.69) is 5.32 Å². The van der Waals surface area contributed by atoms with Crippen LogP contribution in [0.5, 0.6) is 5.75 Å². The molecule has 0 aliphatic carbocycles. The summed E-state index contributed by atoms with van der Waals surface area (Å²) >= 11 is 5.90. The molecule has 0 saturated carbocycles. The van der Waals surface area contributed by atoms with Gasteiger partial charge < -0.3 is 14.8 Å². The fourth-order valence-corrected chi connectivity index (χ4v) is 2.54. The number of carbonyl (C=O) groups is 1. The summed E-state index contributed by atoms with van der Waals surface area (Å²) in [6.45, 7) is 0.413. The predicted octanol–water partition coefficient (Wildman–Crippen LogP) is 4.96. The Hall–Kier alpha value is -2.25. The summed E-state index contributed by atoms with van der Waals surface area (Å²) in [6, 6.07) is 10.00. The Kier molecular flexibility index (Phi) is 7.50. The molecule has 146 valence electrons. The molecule has 4 nitrogen and oxygen atoms in total. The first-order valence-electron chi connectivity index (χ1n) is 8.17. The number of ether oxygens (including phenoxy) is 2. The van der Waals surface area contributed by atoms with E-state index in [-0.39, 0.29) is 31.1 Å². The van der Waals surface area contributed by atoms with E-state index in [0.29, 0.717) is 11.4 Å². The van der Waals surface area contributed by atoms with Gasteiger partial charge in [-0.05, 0) is 42.3 Å². The minimum atomic E-state index is -4.52. The van der Waals surface area contributed by atoms with Gasteiger partial charge in [-0.1, -0.05) is 23.7 Å². The smallest absolute Gasteiger partial charge is 0.416 e. The van der Waals surface area contributed by atoms with Crippen LogP contribution in [-0.4, -0.2) is 26.2 Å². The molecule has 2 aromatic carbocycles. The van der Waals surface area contributed by atoms with E-state index in [1.807, 2.05) is 6.07 Å². The van der Waals surface area contributed by atoms with Crippen molar-refractivity contribution in [2.24, 2.45) is 0 Å². The highest BCUT2D eigenvalue weighted by Gasteiger charge is 2.31. The van der Waals surface area contributed by atoms with Crippen LogP contribution in [0.25, 0.3) is 0 Å². The van der Waals surface area contributed by atoms with Crippen molar-refractivity contribution in [3.05, 3.63) is 58.6 Å². The van der Waals surface area contributed by atoms with Crippen molar-refractivity contribution < 1.29 is 27.4 Å². The van der Waals surface area contributed by atoms with Gasteiger partial charge in [-0.25, -0.2) is 0 Å². The molecule has 0 heterocycles. The van der Waals surface area contributed by atoms with Crippen molar-refractivity contribution in [1.29, 1.82) is 0 Å². The number of methoxy groups -OCH3 is 1. The van der Waals surface area contributed by atoms with E-state index in [4.69, 9.17) is 21.1 Å². The molecular formula is C19H19ClF3NO3. The molecule has 0 aliphatic rings. The molecule has 2 rings (SSSR count). The molecule has 0 atom stereocenters. The molecular weight excluding hydrogens is 383 g/mol. The summed E-state index contributed by atoms with van der Waals surface area (Å²) < 4.78 is 49.2. The lowest BCUT2D eigenvalue weighted by Gasteiger charge is -2.15. The number of amides is 1. The lowest BCUT2D eigenvalue weighted by Crippen LogP contribution is -2.15. The second-order valence-corrected chi connectivity index (χ2v) is 6.16. The summed E-state index contributed by atoms with van der Waals surface area (Å²) in [6.07, 6.45) is -4.02. The van der Waals surface area contributed by atoms with Gasteiger partial charge in [-0.2, -0.15) is 13.2 Å². The quantitative estimate of drug-likeness (QED) is 0.636. The minimum absolute atomic E-state index is 0.0305. The van der Waals surface area contributed by atoms with Gasteiger partial charge in [0.1, 0.15) is 12.4 Å². The average Bonchev–Trinajstić information content (AvgIpc) is 2.60. The Morgan fingerprint density at radius 3 is 2.59 bits per heavy atom. The Labute approximate surface area is 160 Å². The zero-order valence-corrected chi connectivity index (χ0v) is 15.4. The van der Waals surface area contributed by atoms with Crippen molar-refractivity contribution in [1.82, 2.24) is 0 Å². The third-order valence-electron chi connectivity index (χ3n) is 3.66. The number of anilines is 1. The van der Waals surface area contributed by atoms with Crippen LogP contribution in [0.2, 0.25) is 5.02 Å². The van der Waals surface area contributed by atoms with Crippen molar-refractivity contribution in [2.45, 2.75) is 19.0 Å². The second-order valence-electron chi connectivity index (χ2n) is 5.73. The molecule has 1 amide bonds. The number of aryl methyl sites for hydroxylation is 1. The topological polar surface area (TPSA) is 47.6 Å². The molecule has 27 heavy (non-hydrogen) atoms. The van der Waals surface area contributed by atoms with E-state index in [9.17, 15) is 18.0 Å². The van der Waals surface area contributed by atoms with Crippen LogP contribution in [-0.2, 0) is 22.1 Å². The molecule has 1 N–H and O–H groups in total. The average molecular weight is 402 g/mol. The zero-order valence-electron chi connectivity index (χ0n) is 14.6. The number of alkyl halides is 3. The fourth-order valence-electron chi connectivity index (χ4n) is 2.33. The molecule has 0 unspecified atom stereocenters. The molecule has 2 aromatic rings. The second kappa shape index (κ2) is 9.62. The maximum atomic E-state index is 13.0. The summed E-state index contributed by atoms with van der Waals surface area (Å²) in [5.74, 6) is -0.276. The lowest BCUT2D eigenvalue weighted by atomic mass is 10.1. The Morgan fingerprint density at radius 1 is 1.15 bits per heavy atom. The van der Waals surface area contributed by atoms with Gasteiger partial charge in [0.25, 0.3) is 0 Å². The maximum absolute atomic E-state index is 13.0. The number of halogens is 4. The van der Waals surface area contributed by atoms with Gasteiger partial charge in [0.2, 0.25) is 5.91 Å². The summed E-state index contributed by atoms with van der Waals surface area (Å²) in [7, 11) is 1.48. The van der Waals surface area contributed by atoms with E-state index < -0.39 is 17.6 Å². The van der Waals surface area contributed by atoms with Crippen molar-refractivity contribution in [2.75, 3.05) is 25.6 Å². The highest BCUT2D eigenvalue weighted by molar-refractivity contribution is 6.30. The van der Waals surface area contributed by atoms with Crippen molar-refractivity contribution >= 4 is 23.2 Å². The molecule has 0 aromatic heterocycles. The third-order valence-corrected chi connectivity index (χ3v) is 3.89. The SMILES string of the molecule is COCCOc1ccc(C(F)(F)F)cc1NC(=O)CCc1cccc(Cl)c1. The van der Waals surface area contributed by atoms with Gasteiger partial charge in [0, 0.05) is 18.6 Å². The normalized spacial score (nSPS) is 11.3. The highest BCUT2D eigenvalue weighted by atomic mass is 35.5. The van der Waals surface area contributed by atoms with Crippen LogP contribution >= 0.6 is 11.6 Å². The molecule has 0 aliphatic heterocycles. The largest absolute Gasteiger partial charge is 0.489 e. The summed E-state index contributed by atoms with van der Waals surface area (Å²) in [5.41, 5.74) is -0.0398. The molecule has 0 bridgehead atoms. The number of rotatable bonds is 8. The van der Waals surface area contributed by atoms with Gasteiger partial charge in [-0.3, -0.25) is 4.79 Å². The summed E-state index contributed by atoms with van der Waals surface area (Å²) in [4.78, 5) is 12.2. The first-order valence-corrected chi connectivity index (χ1v) is 8.54. The fraction of sp³-hybridized carbons (Fsp3) is 0.316. The monoisotopic (exact) mass is 401 g/mol. The number of hydrogen-bond acceptors (Lipinski definition) is 3. The van der Waals surface area contributed by atoms with Crippen LogP contribution in [0.15, 0.2) is 42.5 Å².